The zero-order valence-corrected chi connectivity index (χ0v) is 14.5. The predicted molar refractivity (Wildman–Crippen MR) is 92.1 cm³/mol. The fraction of sp³-hybridized carbons (Fsp3) is 0.176. The number of benzene rings is 2. The van der Waals surface area contributed by atoms with Crippen LogP contribution in [0.4, 0.5) is 10.1 Å². The van der Waals surface area contributed by atoms with Gasteiger partial charge in [-0.1, -0.05) is 30.3 Å². The SMILES string of the molecule is COC(=O)c1ccc(OCc2ccccc2)c(N2CC(=O)NS2=O)c1F. The van der Waals surface area contributed by atoms with Crippen molar-refractivity contribution in [2.24, 2.45) is 0 Å². The van der Waals surface area contributed by atoms with Gasteiger partial charge in [0.1, 0.15) is 24.6 Å². The quantitative estimate of drug-likeness (QED) is 0.801. The average molecular weight is 378 g/mol. The molecule has 1 aliphatic rings. The van der Waals surface area contributed by atoms with Gasteiger partial charge >= 0.3 is 5.97 Å². The molecule has 1 saturated heterocycles. The minimum atomic E-state index is -1.97. The van der Waals surface area contributed by atoms with Gasteiger partial charge in [0.25, 0.3) is 5.91 Å². The summed E-state index contributed by atoms with van der Waals surface area (Å²) in [4.78, 5) is 23.3. The number of carbonyl (C=O) groups excluding carboxylic acids is 2. The highest BCUT2D eigenvalue weighted by Crippen LogP contribution is 2.36. The molecule has 1 N–H and O–H groups in total. The van der Waals surface area contributed by atoms with E-state index in [1.54, 1.807) is 0 Å². The third kappa shape index (κ3) is 3.52. The van der Waals surface area contributed by atoms with Crippen LogP contribution in [0, 0.1) is 5.82 Å². The monoisotopic (exact) mass is 378 g/mol. The van der Waals surface area contributed by atoms with Gasteiger partial charge in [-0.15, -0.1) is 0 Å². The molecule has 7 nitrogen and oxygen atoms in total. The first-order chi connectivity index (χ1) is 12.5. The number of methoxy groups -OCH3 is 1. The summed E-state index contributed by atoms with van der Waals surface area (Å²) in [6.45, 7) is -0.192. The van der Waals surface area contributed by atoms with Gasteiger partial charge in [0, 0.05) is 0 Å². The molecule has 0 saturated carbocycles. The lowest BCUT2D eigenvalue weighted by Crippen LogP contribution is -2.25. The third-order valence-electron chi connectivity index (χ3n) is 3.66. The highest BCUT2D eigenvalue weighted by atomic mass is 32.2. The van der Waals surface area contributed by atoms with Crippen LogP contribution in [0.1, 0.15) is 15.9 Å². The summed E-state index contributed by atoms with van der Waals surface area (Å²) in [5.74, 6) is -2.32. The average Bonchev–Trinajstić information content (AvgIpc) is 2.98. The number of nitrogens with zero attached hydrogens (tertiary/aromatic N) is 1. The van der Waals surface area contributed by atoms with Crippen molar-refractivity contribution in [2.75, 3.05) is 18.0 Å². The van der Waals surface area contributed by atoms with Gasteiger partial charge in [0.2, 0.25) is 11.2 Å². The second-order valence-corrected chi connectivity index (χ2v) is 6.49. The van der Waals surface area contributed by atoms with E-state index in [-0.39, 0.29) is 30.2 Å². The van der Waals surface area contributed by atoms with Crippen LogP contribution in [0.3, 0.4) is 0 Å². The van der Waals surface area contributed by atoms with Crippen LogP contribution < -0.4 is 13.8 Å². The summed E-state index contributed by atoms with van der Waals surface area (Å²) in [7, 11) is 1.13. The van der Waals surface area contributed by atoms with Crippen molar-refractivity contribution in [1.82, 2.24) is 4.72 Å². The number of anilines is 1. The Hall–Kier alpha value is -2.94. The second-order valence-electron chi connectivity index (χ2n) is 5.35. The van der Waals surface area contributed by atoms with Crippen molar-refractivity contribution >= 4 is 28.7 Å². The maximum atomic E-state index is 15.0. The van der Waals surface area contributed by atoms with Crippen molar-refractivity contribution in [1.29, 1.82) is 0 Å². The number of ether oxygens (including phenoxy) is 2. The topological polar surface area (TPSA) is 84.9 Å². The number of hydrogen-bond acceptors (Lipinski definition) is 5. The molecule has 3 rings (SSSR count). The number of hydrogen-bond donors (Lipinski definition) is 1. The zero-order chi connectivity index (χ0) is 18.7. The summed E-state index contributed by atoms with van der Waals surface area (Å²) in [5.41, 5.74) is 0.263. The molecule has 1 heterocycles. The lowest BCUT2D eigenvalue weighted by molar-refractivity contribution is -0.117. The van der Waals surface area contributed by atoms with Gasteiger partial charge in [0.05, 0.1) is 12.7 Å². The van der Waals surface area contributed by atoms with Gasteiger partial charge in [0.15, 0.2) is 5.82 Å². The Morgan fingerprint density at radius 2 is 2.00 bits per heavy atom. The van der Waals surface area contributed by atoms with Gasteiger partial charge in [-0.2, -0.15) is 0 Å². The third-order valence-corrected chi connectivity index (χ3v) is 4.77. The molecule has 1 unspecified atom stereocenters. The Labute approximate surface area is 151 Å². The Bertz CT molecular complexity index is 875. The van der Waals surface area contributed by atoms with Crippen LogP contribution in [0.2, 0.25) is 0 Å². The van der Waals surface area contributed by atoms with Gasteiger partial charge in [-0.05, 0) is 17.7 Å². The lowest BCUT2D eigenvalue weighted by Gasteiger charge is -2.20. The van der Waals surface area contributed by atoms with E-state index in [1.807, 2.05) is 30.3 Å². The molecule has 0 aliphatic carbocycles. The van der Waals surface area contributed by atoms with E-state index in [2.05, 4.69) is 9.46 Å². The van der Waals surface area contributed by atoms with Crippen LogP contribution in [-0.4, -0.2) is 29.7 Å². The number of rotatable bonds is 5. The van der Waals surface area contributed by atoms with E-state index < -0.39 is 28.9 Å². The molecule has 1 aliphatic heterocycles. The van der Waals surface area contributed by atoms with E-state index in [0.717, 1.165) is 17.0 Å². The number of nitrogens with one attached hydrogen (secondary N) is 1. The Morgan fingerprint density at radius 3 is 2.62 bits per heavy atom. The minimum Gasteiger partial charge on any atom is -0.487 e. The number of amides is 1. The fourth-order valence-electron chi connectivity index (χ4n) is 2.43. The van der Waals surface area contributed by atoms with E-state index >= 15 is 0 Å². The van der Waals surface area contributed by atoms with Crippen LogP contribution in [0.15, 0.2) is 42.5 Å². The van der Waals surface area contributed by atoms with Crippen molar-refractivity contribution in [2.45, 2.75) is 6.61 Å². The van der Waals surface area contributed by atoms with Crippen LogP contribution >= 0.6 is 0 Å². The summed E-state index contributed by atoms with van der Waals surface area (Å²) in [6.07, 6.45) is 0. The molecule has 1 amide bonds. The first-order valence-corrected chi connectivity index (χ1v) is 8.68. The highest BCUT2D eigenvalue weighted by Gasteiger charge is 2.33. The Morgan fingerprint density at radius 1 is 1.27 bits per heavy atom. The molecule has 0 radical (unpaired) electrons. The molecule has 26 heavy (non-hydrogen) atoms. The largest absolute Gasteiger partial charge is 0.487 e. The molecule has 1 atom stereocenters. The van der Waals surface area contributed by atoms with Gasteiger partial charge < -0.3 is 9.47 Å². The van der Waals surface area contributed by atoms with Crippen molar-refractivity contribution in [3.63, 3.8) is 0 Å². The molecule has 136 valence electrons. The van der Waals surface area contributed by atoms with E-state index in [0.29, 0.717) is 0 Å². The maximum absolute atomic E-state index is 15.0. The smallest absolute Gasteiger partial charge is 0.340 e. The second kappa shape index (κ2) is 7.52. The highest BCUT2D eigenvalue weighted by molar-refractivity contribution is 7.85. The van der Waals surface area contributed by atoms with E-state index in [1.165, 1.54) is 12.1 Å². The molecular weight excluding hydrogens is 363 g/mol. The van der Waals surface area contributed by atoms with Gasteiger partial charge in [-0.25, -0.2) is 13.4 Å². The Balaban J connectivity index is 2.00. The summed E-state index contributed by atoms with van der Waals surface area (Å²) >= 11 is -1.97. The fourth-order valence-corrected chi connectivity index (χ4v) is 3.37. The minimum absolute atomic E-state index is 0.0591. The van der Waals surface area contributed by atoms with Crippen molar-refractivity contribution in [3.05, 3.63) is 59.4 Å². The predicted octanol–water partition coefficient (Wildman–Crippen LogP) is 1.71. The Kier molecular flexibility index (Phi) is 5.17. The van der Waals surface area contributed by atoms with Crippen molar-refractivity contribution in [3.8, 4) is 5.75 Å². The van der Waals surface area contributed by atoms with Crippen LogP contribution in [0.25, 0.3) is 0 Å². The molecule has 0 bridgehead atoms. The molecule has 1 fully saturated rings. The summed E-state index contributed by atoms with van der Waals surface area (Å²) in [5, 5.41) is 0. The van der Waals surface area contributed by atoms with E-state index in [4.69, 9.17) is 4.74 Å². The normalized spacial score (nSPS) is 16.3. The molecule has 2 aromatic rings. The first kappa shape index (κ1) is 17.9. The number of carbonyl (C=O) groups is 2. The molecular formula is C17H15FN2O5S. The van der Waals surface area contributed by atoms with Gasteiger partial charge in [-0.3, -0.25) is 13.8 Å². The summed E-state index contributed by atoms with van der Waals surface area (Å²) < 4.78 is 40.4. The number of esters is 1. The zero-order valence-electron chi connectivity index (χ0n) is 13.7. The summed E-state index contributed by atoms with van der Waals surface area (Å²) in [6, 6.07) is 11.8. The lowest BCUT2D eigenvalue weighted by atomic mass is 10.1. The molecule has 2 aromatic carbocycles. The first-order valence-electron chi connectivity index (χ1n) is 7.57. The molecule has 0 spiro atoms. The van der Waals surface area contributed by atoms with Crippen molar-refractivity contribution < 1.29 is 27.7 Å². The van der Waals surface area contributed by atoms with E-state index in [9.17, 15) is 18.2 Å². The van der Waals surface area contributed by atoms with Crippen LogP contribution in [0.5, 0.6) is 5.75 Å². The maximum Gasteiger partial charge on any atom is 0.340 e. The standard InChI is InChI=1S/C17H15FN2O5S/c1-24-17(22)12-7-8-13(25-10-11-5-3-2-4-6-11)16(15(12)18)20-9-14(21)19-26(20)23/h2-8H,9-10H2,1H3,(H,19,21). The number of halogens is 1. The molecule has 0 aromatic heterocycles. The molecule has 9 heteroatoms. The van der Waals surface area contributed by atoms with Crippen LogP contribution in [-0.2, 0) is 27.3 Å².